The molecule has 0 aliphatic rings. The normalized spacial score (nSPS) is 10.4. The molecule has 28 heavy (non-hydrogen) atoms. The van der Waals surface area contributed by atoms with E-state index in [2.05, 4.69) is 17.6 Å². The van der Waals surface area contributed by atoms with Crippen molar-refractivity contribution in [2.45, 2.75) is 26.7 Å². The Hall–Kier alpha value is -2.73. The van der Waals surface area contributed by atoms with Crippen LogP contribution < -0.4 is 20.1 Å². The first-order chi connectivity index (χ1) is 13.7. The number of hydrogen-bond acceptors (Lipinski definition) is 5. The lowest BCUT2D eigenvalue weighted by Gasteiger charge is -2.13. The summed E-state index contributed by atoms with van der Waals surface area (Å²) < 4.78 is 16.6. The predicted molar refractivity (Wildman–Crippen MR) is 112 cm³/mol. The van der Waals surface area contributed by atoms with Crippen LogP contribution in [0.4, 0.5) is 11.4 Å². The van der Waals surface area contributed by atoms with Crippen LogP contribution in [0.25, 0.3) is 0 Å². The lowest BCUT2D eigenvalue weighted by molar-refractivity contribution is -0.114. The fourth-order valence-electron chi connectivity index (χ4n) is 2.47. The molecule has 0 fully saturated rings. The van der Waals surface area contributed by atoms with Crippen molar-refractivity contribution in [3.63, 3.8) is 0 Å². The molecule has 0 heterocycles. The minimum atomic E-state index is -0.144. The Labute approximate surface area is 167 Å². The molecule has 0 bridgehead atoms. The van der Waals surface area contributed by atoms with Gasteiger partial charge in [0.25, 0.3) is 0 Å². The summed E-state index contributed by atoms with van der Waals surface area (Å²) in [5.74, 6) is 1.31. The first-order valence-corrected chi connectivity index (χ1v) is 9.79. The number of hydrogen-bond donors (Lipinski definition) is 2. The zero-order valence-corrected chi connectivity index (χ0v) is 16.7. The van der Waals surface area contributed by atoms with Gasteiger partial charge in [-0.25, -0.2) is 0 Å². The van der Waals surface area contributed by atoms with Gasteiger partial charge in [0.1, 0.15) is 18.1 Å². The van der Waals surface area contributed by atoms with Crippen molar-refractivity contribution in [2.24, 2.45) is 0 Å². The number of rotatable bonds is 13. The van der Waals surface area contributed by atoms with Crippen molar-refractivity contribution in [3.8, 4) is 11.5 Å². The number of para-hydroxylation sites is 2. The van der Waals surface area contributed by atoms with E-state index in [1.807, 2.05) is 49.4 Å². The maximum Gasteiger partial charge on any atom is 0.243 e. The zero-order valence-electron chi connectivity index (χ0n) is 16.7. The van der Waals surface area contributed by atoms with Crippen molar-refractivity contribution in [1.29, 1.82) is 0 Å². The van der Waals surface area contributed by atoms with Gasteiger partial charge in [0, 0.05) is 18.4 Å². The van der Waals surface area contributed by atoms with Crippen LogP contribution in [0.2, 0.25) is 0 Å². The van der Waals surface area contributed by atoms with Crippen LogP contribution >= 0.6 is 0 Å². The van der Waals surface area contributed by atoms with Gasteiger partial charge in [-0.1, -0.05) is 31.5 Å². The van der Waals surface area contributed by atoms with E-state index in [1.54, 1.807) is 6.07 Å². The summed E-state index contributed by atoms with van der Waals surface area (Å²) in [5, 5.41) is 6.01. The number of carbonyl (C=O) groups is 1. The molecule has 0 aliphatic heterocycles. The Morgan fingerprint density at radius 3 is 2.64 bits per heavy atom. The molecule has 0 unspecified atom stereocenters. The molecular weight excluding hydrogens is 356 g/mol. The summed E-state index contributed by atoms with van der Waals surface area (Å²) in [7, 11) is 0. The maximum absolute atomic E-state index is 12.3. The van der Waals surface area contributed by atoms with E-state index >= 15 is 0 Å². The minimum absolute atomic E-state index is 0.142. The van der Waals surface area contributed by atoms with Crippen molar-refractivity contribution in [1.82, 2.24) is 0 Å². The maximum atomic E-state index is 12.3. The molecule has 1 amide bonds. The number of carbonyl (C=O) groups excluding carboxylic acids is 1. The third-order valence-corrected chi connectivity index (χ3v) is 3.90. The van der Waals surface area contributed by atoms with E-state index in [1.165, 1.54) is 0 Å². The van der Waals surface area contributed by atoms with Gasteiger partial charge in [-0.3, -0.25) is 4.79 Å². The zero-order chi connectivity index (χ0) is 20.0. The molecule has 0 saturated heterocycles. The minimum Gasteiger partial charge on any atom is -0.491 e. The number of unbranched alkanes of at least 4 members (excludes halogenated alkanes) is 1. The largest absolute Gasteiger partial charge is 0.491 e. The highest BCUT2D eigenvalue weighted by Gasteiger charge is 2.07. The van der Waals surface area contributed by atoms with Gasteiger partial charge in [-0.05, 0) is 37.6 Å². The standard InChI is InChI=1S/C22H30N2O4/c1-3-5-13-28-21-12-7-6-11-20(21)23-17-22(25)24-18-9-8-10-19(16-18)27-15-14-26-4-2/h6-12,16,23H,3-5,13-15,17H2,1-2H3,(H,24,25). The fraction of sp³-hybridized carbons (Fsp3) is 0.409. The lowest BCUT2D eigenvalue weighted by atomic mass is 10.2. The second kappa shape index (κ2) is 12.6. The third kappa shape index (κ3) is 7.88. The van der Waals surface area contributed by atoms with Crippen LogP contribution in [0.15, 0.2) is 48.5 Å². The summed E-state index contributed by atoms with van der Waals surface area (Å²) in [6.07, 6.45) is 2.07. The fourth-order valence-corrected chi connectivity index (χ4v) is 2.47. The molecule has 2 aromatic carbocycles. The second-order valence-corrected chi connectivity index (χ2v) is 6.17. The van der Waals surface area contributed by atoms with Gasteiger partial charge >= 0.3 is 0 Å². The SMILES string of the molecule is CCCCOc1ccccc1NCC(=O)Nc1cccc(OCCOCC)c1. The molecule has 152 valence electrons. The van der Waals surface area contributed by atoms with E-state index in [0.29, 0.717) is 37.9 Å². The molecular formula is C22H30N2O4. The topological polar surface area (TPSA) is 68.8 Å². The molecule has 2 aromatic rings. The van der Waals surface area contributed by atoms with E-state index in [0.717, 1.165) is 24.3 Å². The average Bonchev–Trinajstić information content (AvgIpc) is 2.71. The van der Waals surface area contributed by atoms with Gasteiger partial charge in [-0.15, -0.1) is 0 Å². The van der Waals surface area contributed by atoms with E-state index in [9.17, 15) is 4.79 Å². The molecule has 2 rings (SSSR count). The van der Waals surface area contributed by atoms with Gasteiger partial charge in [-0.2, -0.15) is 0 Å². The van der Waals surface area contributed by atoms with Gasteiger partial charge in [0.2, 0.25) is 5.91 Å². The average molecular weight is 386 g/mol. The third-order valence-electron chi connectivity index (χ3n) is 3.90. The number of nitrogens with one attached hydrogen (secondary N) is 2. The van der Waals surface area contributed by atoms with Crippen LogP contribution in [0.1, 0.15) is 26.7 Å². The van der Waals surface area contributed by atoms with Crippen LogP contribution in [0.5, 0.6) is 11.5 Å². The van der Waals surface area contributed by atoms with Gasteiger partial charge < -0.3 is 24.8 Å². The monoisotopic (exact) mass is 386 g/mol. The van der Waals surface area contributed by atoms with Crippen molar-refractivity contribution < 1.29 is 19.0 Å². The molecule has 0 spiro atoms. The second-order valence-electron chi connectivity index (χ2n) is 6.17. The first kappa shape index (κ1) is 21.6. The van der Waals surface area contributed by atoms with Crippen LogP contribution in [-0.2, 0) is 9.53 Å². The van der Waals surface area contributed by atoms with Gasteiger partial charge in [0.15, 0.2) is 0 Å². The Morgan fingerprint density at radius 1 is 0.964 bits per heavy atom. The van der Waals surface area contributed by atoms with E-state index in [-0.39, 0.29) is 12.5 Å². The molecule has 0 saturated carbocycles. The van der Waals surface area contributed by atoms with E-state index in [4.69, 9.17) is 14.2 Å². The molecule has 2 N–H and O–H groups in total. The number of ether oxygens (including phenoxy) is 3. The van der Waals surface area contributed by atoms with Crippen molar-refractivity contribution in [3.05, 3.63) is 48.5 Å². The van der Waals surface area contributed by atoms with Crippen LogP contribution in [0, 0.1) is 0 Å². The predicted octanol–water partition coefficient (Wildman–Crippen LogP) is 4.33. The number of amides is 1. The Kier molecular flexibility index (Phi) is 9.72. The smallest absolute Gasteiger partial charge is 0.243 e. The van der Waals surface area contributed by atoms with Gasteiger partial charge in [0.05, 0.1) is 25.4 Å². The van der Waals surface area contributed by atoms with Crippen LogP contribution in [0.3, 0.4) is 0 Å². The number of benzene rings is 2. The van der Waals surface area contributed by atoms with Crippen molar-refractivity contribution in [2.75, 3.05) is 43.6 Å². The molecule has 6 heteroatoms. The summed E-state index contributed by atoms with van der Waals surface area (Å²) in [4.78, 5) is 12.3. The Balaban J connectivity index is 1.83. The number of anilines is 2. The molecule has 0 radical (unpaired) electrons. The summed E-state index contributed by atoms with van der Waals surface area (Å²) in [5.41, 5.74) is 1.50. The van der Waals surface area contributed by atoms with E-state index < -0.39 is 0 Å². The van der Waals surface area contributed by atoms with Crippen molar-refractivity contribution >= 4 is 17.3 Å². The summed E-state index contributed by atoms with van der Waals surface area (Å²) in [6.45, 7) is 6.55. The lowest BCUT2D eigenvalue weighted by Crippen LogP contribution is -2.22. The summed E-state index contributed by atoms with van der Waals surface area (Å²) in [6, 6.07) is 15.0. The quantitative estimate of drug-likeness (QED) is 0.502. The molecule has 0 aromatic heterocycles. The van der Waals surface area contributed by atoms with Crippen LogP contribution in [-0.4, -0.2) is 38.9 Å². The Morgan fingerprint density at radius 2 is 1.82 bits per heavy atom. The molecule has 0 atom stereocenters. The molecule has 0 aliphatic carbocycles. The highest BCUT2D eigenvalue weighted by Crippen LogP contribution is 2.24. The Bertz CT molecular complexity index is 721. The highest BCUT2D eigenvalue weighted by molar-refractivity contribution is 5.94. The highest BCUT2D eigenvalue weighted by atomic mass is 16.5. The molecule has 6 nitrogen and oxygen atoms in total. The summed E-state index contributed by atoms with van der Waals surface area (Å²) >= 11 is 0. The first-order valence-electron chi connectivity index (χ1n) is 9.79.